The van der Waals surface area contributed by atoms with E-state index in [2.05, 4.69) is 5.43 Å². The first-order chi connectivity index (χ1) is 17.4. The highest BCUT2D eigenvalue weighted by atomic mass is 35.5. The van der Waals surface area contributed by atoms with Crippen LogP contribution < -0.4 is 5.43 Å². The molecule has 3 heterocycles. The van der Waals surface area contributed by atoms with Crippen LogP contribution in [0.3, 0.4) is 0 Å². The van der Waals surface area contributed by atoms with Gasteiger partial charge in [0.2, 0.25) is 10.0 Å². The summed E-state index contributed by atoms with van der Waals surface area (Å²) >= 11 is 18.9. The van der Waals surface area contributed by atoms with Gasteiger partial charge in [0.05, 0.1) is 39.0 Å². The first kappa shape index (κ1) is 26.8. The lowest BCUT2D eigenvalue weighted by Crippen LogP contribution is -2.46. The molecule has 0 aliphatic carbocycles. The molecule has 2 aliphatic heterocycles. The van der Waals surface area contributed by atoms with Gasteiger partial charge in [-0.2, -0.15) is 20.0 Å². The average Bonchev–Trinajstić information content (AvgIpc) is 3.15. The maximum atomic E-state index is 13.1. The van der Waals surface area contributed by atoms with Crippen molar-refractivity contribution in [1.82, 2.24) is 24.5 Å². The topological polar surface area (TPSA) is 111 Å². The number of halogens is 3. The molecule has 0 atom stereocenters. The highest BCUT2D eigenvalue weighted by molar-refractivity contribution is 8.24. The SMILES string of the molecule is CN1Cc2c(nn(-c3ccc(Cl)cc3Cl)c2-c2ccc(Cl)cc2)C(NN2CCS(O)(O)CC2)=CS1(=O)=O. The molecule has 3 N–H and O–H groups in total. The molecule has 1 saturated heterocycles. The van der Waals surface area contributed by atoms with Crippen molar-refractivity contribution in [2.24, 2.45) is 0 Å². The van der Waals surface area contributed by atoms with Crippen LogP contribution >= 0.6 is 45.4 Å². The summed E-state index contributed by atoms with van der Waals surface area (Å²) < 4.78 is 49.1. The van der Waals surface area contributed by atoms with Crippen LogP contribution in [0.25, 0.3) is 22.6 Å². The van der Waals surface area contributed by atoms with Crippen molar-refractivity contribution in [2.45, 2.75) is 6.54 Å². The van der Waals surface area contributed by atoms with Gasteiger partial charge in [0.15, 0.2) is 0 Å². The Labute approximate surface area is 231 Å². The second kappa shape index (κ2) is 10.1. The van der Waals surface area contributed by atoms with Crippen LogP contribution in [-0.2, 0) is 16.6 Å². The predicted octanol–water partition coefficient (Wildman–Crippen LogP) is 5.14. The standard InChI is InChI=1S/C23H24Cl3N5O4S2/c1-29-13-18-22(20(14-37(29,34)35)27-30-8-10-36(32,33)11-9-30)28-31(21-7-6-17(25)12-19(21)26)23(18)15-2-4-16(24)5-3-15/h2-7,12,14,27,32-33H,8-11,13H2,1H3. The van der Waals surface area contributed by atoms with E-state index in [0.29, 0.717) is 50.8 Å². The molecule has 2 aliphatic rings. The van der Waals surface area contributed by atoms with E-state index in [-0.39, 0.29) is 23.7 Å². The molecule has 1 aromatic heterocycles. The Morgan fingerprint density at radius 3 is 2.27 bits per heavy atom. The van der Waals surface area contributed by atoms with Crippen molar-refractivity contribution in [1.29, 1.82) is 0 Å². The fourth-order valence-corrected chi connectivity index (χ4v) is 7.04. The second-order valence-electron chi connectivity index (χ2n) is 8.83. The van der Waals surface area contributed by atoms with E-state index in [1.807, 2.05) is 12.1 Å². The Morgan fingerprint density at radius 2 is 1.62 bits per heavy atom. The largest absolute Gasteiger partial charge is 0.316 e. The first-order valence-electron chi connectivity index (χ1n) is 11.2. The summed E-state index contributed by atoms with van der Waals surface area (Å²) in [7, 11) is -4.90. The Balaban J connectivity index is 1.70. The second-order valence-corrected chi connectivity index (χ2v) is 14.4. The van der Waals surface area contributed by atoms with Crippen molar-refractivity contribution in [3.8, 4) is 16.9 Å². The zero-order valence-corrected chi connectivity index (χ0v) is 23.5. The maximum Gasteiger partial charge on any atom is 0.238 e. The molecular weight excluding hydrogens is 581 g/mol. The van der Waals surface area contributed by atoms with E-state index >= 15 is 0 Å². The van der Waals surface area contributed by atoms with Crippen LogP contribution in [0.1, 0.15) is 11.3 Å². The predicted molar refractivity (Wildman–Crippen MR) is 150 cm³/mol. The Bertz CT molecular complexity index is 1480. The summed E-state index contributed by atoms with van der Waals surface area (Å²) in [6.45, 7) is 0.723. The normalized spacial score (nSPS) is 20.5. The molecule has 0 unspecified atom stereocenters. The monoisotopic (exact) mass is 603 g/mol. The minimum absolute atomic E-state index is 0.0586. The van der Waals surface area contributed by atoms with Gasteiger partial charge in [-0.25, -0.2) is 18.1 Å². The molecule has 0 bridgehead atoms. The lowest BCUT2D eigenvalue weighted by Gasteiger charge is -2.41. The fourth-order valence-electron chi connectivity index (χ4n) is 4.24. The summed E-state index contributed by atoms with van der Waals surface area (Å²) in [6.07, 6.45) is 0. The van der Waals surface area contributed by atoms with E-state index in [4.69, 9.17) is 39.9 Å². The van der Waals surface area contributed by atoms with Gasteiger partial charge in [0, 0.05) is 47.9 Å². The summed E-state index contributed by atoms with van der Waals surface area (Å²) in [5, 5.41) is 9.19. The fraction of sp³-hybridized carbons (Fsp3) is 0.261. The minimum atomic E-state index is -3.78. The minimum Gasteiger partial charge on any atom is -0.316 e. The molecule has 0 saturated carbocycles. The van der Waals surface area contributed by atoms with E-state index in [9.17, 15) is 17.5 Å². The van der Waals surface area contributed by atoms with Gasteiger partial charge in [0.25, 0.3) is 0 Å². The quantitative estimate of drug-likeness (QED) is 0.378. The Hall–Kier alpha value is -1.80. The highest BCUT2D eigenvalue weighted by Gasteiger charge is 2.33. The number of aromatic nitrogens is 2. The highest BCUT2D eigenvalue weighted by Crippen LogP contribution is 2.41. The number of nitrogens with zero attached hydrogens (tertiary/aromatic N) is 4. The van der Waals surface area contributed by atoms with Gasteiger partial charge in [-0.1, -0.05) is 46.9 Å². The Morgan fingerprint density at radius 1 is 0.973 bits per heavy atom. The zero-order chi connectivity index (χ0) is 26.5. The number of hydrazine groups is 1. The van der Waals surface area contributed by atoms with Crippen LogP contribution in [0.2, 0.25) is 15.1 Å². The number of rotatable bonds is 4. The van der Waals surface area contributed by atoms with Crippen molar-refractivity contribution in [3.63, 3.8) is 0 Å². The zero-order valence-electron chi connectivity index (χ0n) is 19.6. The van der Waals surface area contributed by atoms with Crippen LogP contribution in [0.5, 0.6) is 0 Å². The number of hydrogen-bond acceptors (Lipinski definition) is 7. The van der Waals surface area contributed by atoms with Crippen molar-refractivity contribution >= 4 is 61.1 Å². The maximum absolute atomic E-state index is 13.1. The third-order valence-corrected chi connectivity index (χ3v) is 10.2. The third kappa shape index (κ3) is 5.51. The van der Waals surface area contributed by atoms with Crippen LogP contribution in [0.4, 0.5) is 0 Å². The summed E-state index contributed by atoms with van der Waals surface area (Å²) in [5.41, 5.74) is 6.53. The lowest BCUT2D eigenvalue weighted by molar-refractivity contribution is 0.241. The third-order valence-electron chi connectivity index (χ3n) is 6.23. The molecule has 1 fully saturated rings. The molecule has 0 radical (unpaired) electrons. The number of fused-ring (bicyclic) bond motifs is 1. The first-order valence-corrected chi connectivity index (χ1v) is 15.7. The van der Waals surface area contributed by atoms with E-state index < -0.39 is 20.6 Å². The molecule has 0 spiro atoms. The van der Waals surface area contributed by atoms with Crippen LogP contribution in [0.15, 0.2) is 47.9 Å². The average molecular weight is 605 g/mol. The van der Waals surface area contributed by atoms with Gasteiger partial charge < -0.3 is 5.43 Å². The summed E-state index contributed by atoms with van der Waals surface area (Å²) in [5.74, 6) is 0.384. The van der Waals surface area contributed by atoms with Gasteiger partial charge in [-0.05, 0) is 30.3 Å². The van der Waals surface area contributed by atoms with Gasteiger partial charge in [0.1, 0.15) is 5.69 Å². The molecular formula is C23H24Cl3N5O4S2. The van der Waals surface area contributed by atoms with Crippen LogP contribution in [-0.4, -0.2) is 68.3 Å². The molecule has 3 aromatic rings. The number of sulfonamides is 1. The van der Waals surface area contributed by atoms with E-state index in [0.717, 1.165) is 11.0 Å². The Kier molecular flexibility index (Phi) is 7.29. The van der Waals surface area contributed by atoms with Crippen LogP contribution in [0, 0.1) is 0 Å². The molecule has 9 nitrogen and oxygen atoms in total. The summed E-state index contributed by atoms with van der Waals surface area (Å²) in [4.78, 5) is 0. The molecule has 37 heavy (non-hydrogen) atoms. The number of hydrogen-bond donors (Lipinski definition) is 3. The van der Waals surface area contributed by atoms with Crippen molar-refractivity contribution < 1.29 is 17.5 Å². The van der Waals surface area contributed by atoms with Crippen molar-refractivity contribution in [3.05, 3.63) is 74.2 Å². The molecule has 198 valence electrons. The molecule has 14 heteroatoms. The molecule has 0 amide bonds. The smallest absolute Gasteiger partial charge is 0.238 e. The van der Waals surface area contributed by atoms with Gasteiger partial charge in [-0.15, -0.1) is 0 Å². The van der Waals surface area contributed by atoms with E-state index in [1.54, 1.807) is 40.0 Å². The number of nitrogens with one attached hydrogen (secondary N) is 1. The van der Waals surface area contributed by atoms with Gasteiger partial charge >= 0.3 is 0 Å². The lowest BCUT2D eigenvalue weighted by atomic mass is 10.0. The summed E-state index contributed by atoms with van der Waals surface area (Å²) in [6, 6.07) is 12.3. The molecule has 5 rings (SSSR count). The number of benzene rings is 2. The van der Waals surface area contributed by atoms with Gasteiger partial charge in [-0.3, -0.25) is 9.11 Å². The molecule has 2 aromatic carbocycles. The van der Waals surface area contributed by atoms with E-state index in [1.165, 1.54) is 11.4 Å². The van der Waals surface area contributed by atoms with Crippen molar-refractivity contribution in [2.75, 3.05) is 31.6 Å².